The van der Waals surface area contributed by atoms with Crippen molar-refractivity contribution in [3.05, 3.63) is 16.5 Å². The van der Waals surface area contributed by atoms with Gasteiger partial charge in [0.15, 0.2) is 5.82 Å². The molecule has 1 saturated heterocycles. The lowest BCUT2D eigenvalue weighted by atomic mass is 10.0. The SMILES string of the molecule is Cc1nc(C)c(-c2nc(C3CCCCN3)no2)s1. The largest absolute Gasteiger partial charge is 0.333 e. The highest BCUT2D eigenvalue weighted by Gasteiger charge is 2.22. The lowest BCUT2D eigenvalue weighted by Gasteiger charge is -2.19. The van der Waals surface area contributed by atoms with Crippen molar-refractivity contribution in [1.82, 2.24) is 20.4 Å². The molecule has 5 nitrogen and oxygen atoms in total. The first kappa shape index (κ1) is 11.8. The fourth-order valence-corrected chi connectivity index (χ4v) is 3.11. The van der Waals surface area contributed by atoms with Crippen LogP contribution in [0.2, 0.25) is 0 Å². The van der Waals surface area contributed by atoms with Gasteiger partial charge in [0.25, 0.3) is 5.89 Å². The molecule has 0 bridgehead atoms. The Kier molecular flexibility index (Phi) is 3.13. The fourth-order valence-electron chi connectivity index (χ4n) is 2.27. The average molecular weight is 264 g/mol. The molecule has 0 amide bonds. The normalized spacial score (nSPS) is 20.2. The standard InChI is InChI=1S/C12H16N4OS/c1-7-10(18-8(2)14-7)12-15-11(16-17-12)9-5-3-4-6-13-9/h9,13H,3-6H2,1-2H3. The Morgan fingerprint density at radius 1 is 1.28 bits per heavy atom. The number of aromatic nitrogens is 3. The van der Waals surface area contributed by atoms with Crippen LogP contribution in [0.15, 0.2) is 4.52 Å². The van der Waals surface area contributed by atoms with E-state index in [1.807, 2.05) is 13.8 Å². The summed E-state index contributed by atoms with van der Waals surface area (Å²) in [6.07, 6.45) is 3.54. The van der Waals surface area contributed by atoms with Crippen LogP contribution in [0, 0.1) is 13.8 Å². The molecular formula is C12H16N4OS. The molecule has 1 unspecified atom stereocenters. The first-order valence-electron chi connectivity index (χ1n) is 6.25. The summed E-state index contributed by atoms with van der Waals surface area (Å²) in [5.41, 5.74) is 0.962. The molecule has 96 valence electrons. The molecule has 0 spiro atoms. The van der Waals surface area contributed by atoms with Gasteiger partial charge in [-0.1, -0.05) is 11.6 Å². The van der Waals surface area contributed by atoms with Crippen LogP contribution in [0.25, 0.3) is 10.8 Å². The van der Waals surface area contributed by atoms with Crippen LogP contribution >= 0.6 is 11.3 Å². The van der Waals surface area contributed by atoms with Crippen LogP contribution in [-0.4, -0.2) is 21.7 Å². The number of rotatable bonds is 2. The molecule has 0 aliphatic carbocycles. The van der Waals surface area contributed by atoms with Gasteiger partial charge in [0, 0.05) is 0 Å². The summed E-state index contributed by atoms with van der Waals surface area (Å²) in [5.74, 6) is 1.37. The van der Waals surface area contributed by atoms with Crippen molar-refractivity contribution in [2.24, 2.45) is 0 Å². The van der Waals surface area contributed by atoms with E-state index >= 15 is 0 Å². The van der Waals surface area contributed by atoms with Crippen LogP contribution in [-0.2, 0) is 0 Å². The Balaban J connectivity index is 1.86. The molecule has 2 aromatic rings. The van der Waals surface area contributed by atoms with E-state index in [1.165, 1.54) is 12.8 Å². The second-order valence-corrected chi connectivity index (χ2v) is 5.81. The first-order valence-corrected chi connectivity index (χ1v) is 7.07. The molecule has 6 heteroatoms. The molecule has 1 aliphatic rings. The average Bonchev–Trinajstić information content (AvgIpc) is 2.97. The number of hydrogen-bond acceptors (Lipinski definition) is 6. The maximum Gasteiger partial charge on any atom is 0.269 e. The van der Waals surface area contributed by atoms with E-state index in [4.69, 9.17) is 4.52 Å². The van der Waals surface area contributed by atoms with Gasteiger partial charge in [-0.2, -0.15) is 4.98 Å². The smallest absolute Gasteiger partial charge is 0.269 e. The van der Waals surface area contributed by atoms with E-state index in [1.54, 1.807) is 11.3 Å². The van der Waals surface area contributed by atoms with Crippen LogP contribution in [0.4, 0.5) is 0 Å². The number of hydrogen-bond donors (Lipinski definition) is 1. The van der Waals surface area contributed by atoms with Gasteiger partial charge in [-0.15, -0.1) is 11.3 Å². The molecular weight excluding hydrogens is 248 g/mol. The van der Waals surface area contributed by atoms with Crippen molar-refractivity contribution in [1.29, 1.82) is 0 Å². The van der Waals surface area contributed by atoms with Crippen molar-refractivity contribution in [3.63, 3.8) is 0 Å². The highest BCUT2D eigenvalue weighted by molar-refractivity contribution is 7.15. The van der Waals surface area contributed by atoms with E-state index in [9.17, 15) is 0 Å². The summed E-state index contributed by atoms with van der Waals surface area (Å²) in [4.78, 5) is 9.88. The Morgan fingerprint density at radius 3 is 2.83 bits per heavy atom. The maximum absolute atomic E-state index is 5.37. The second-order valence-electron chi connectivity index (χ2n) is 4.61. The number of thiazole rings is 1. The predicted octanol–water partition coefficient (Wildman–Crippen LogP) is 2.62. The van der Waals surface area contributed by atoms with Gasteiger partial charge in [0.05, 0.1) is 16.7 Å². The molecule has 0 saturated carbocycles. The molecule has 1 fully saturated rings. The van der Waals surface area contributed by atoms with Gasteiger partial charge >= 0.3 is 0 Å². The summed E-state index contributed by atoms with van der Waals surface area (Å²) in [6, 6.07) is 0.241. The highest BCUT2D eigenvalue weighted by atomic mass is 32.1. The van der Waals surface area contributed by atoms with E-state index < -0.39 is 0 Å². The van der Waals surface area contributed by atoms with E-state index in [0.717, 1.165) is 34.4 Å². The summed E-state index contributed by atoms with van der Waals surface area (Å²) < 4.78 is 5.37. The van der Waals surface area contributed by atoms with Crippen molar-refractivity contribution in [2.75, 3.05) is 6.54 Å². The van der Waals surface area contributed by atoms with Crippen LogP contribution in [0.3, 0.4) is 0 Å². The monoisotopic (exact) mass is 264 g/mol. The Morgan fingerprint density at radius 2 is 2.17 bits per heavy atom. The quantitative estimate of drug-likeness (QED) is 0.903. The molecule has 0 radical (unpaired) electrons. The highest BCUT2D eigenvalue weighted by Crippen LogP contribution is 2.30. The maximum atomic E-state index is 5.37. The second kappa shape index (κ2) is 4.78. The number of piperidine rings is 1. The van der Waals surface area contributed by atoms with Gasteiger partial charge in [0.1, 0.15) is 4.88 Å². The molecule has 0 aromatic carbocycles. The lowest BCUT2D eigenvalue weighted by molar-refractivity contribution is 0.367. The summed E-state index contributed by atoms with van der Waals surface area (Å²) in [6.45, 7) is 5.00. The van der Waals surface area contributed by atoms with E-state index in [2.05, 4.69) is 20.4 Å². The van der Waals surface area contributed by atoms with Gasteiger partial charge < -0.3 is 9.84 Å². The zero-order chi connectivity index (χ0) is 12.5. The van der Waals surface area contributed by atoms with E-state index in [0.29, 0.717) is 5.89 Å². The Labute approximate surface area is 110 Å². The summed E-state index contributed by atoms with van der Waals surface area (Å²) in [5, 5.41) is 8.55. The number of aryl methyl sites for hydroxylation is 2. The number of nitrogens with one attached hydrogen (secondary N) is 1. The molecule has 2 aromatic heterocycles. The topological polar surface area (TPSA) is 63.8 Å². The Bertz CT molecular complexity index is 542. The third-order valence-corrected chi connectivity index (χ3v) is 4.22. The first-order chi connectivity index (χ1) is 8.74. The van der Waals surface area contributed by atoms with Crippen LogP contribution in [0.1, 0.15) is 41.8 Å². The molecule has 1 N–H and O–H groups in total. The van der Waals surface area contributed by atoms with Crippen molar-refractivity contribution < 1.29 is 4.52 Å². The molecule has 3 heterocycles. The van der Waals surface area contributed by atoms with Gasteiger partial charge in [-0.25, -0.2) is 4.98 Å². The summed E-state index contributed by atoms with van der Waals surface area (Å²) in [7, 11) is 0. The third-order valence-electron chi connectivity index (χ3n) is 3.16. The summed E-state index contributed by atoms with van der Waals surface area (Å²) >= 11 is 1.60. The van der Waals surface area contributed by atoms with E-state index in [-0.39, 0.29) is 6.04 Å². The molecule has 18 heavy (non-hydrogen) atoms. The lowest BCUT2D eigenvalue weighted by Crippen LogP contribution is -2.27. The Hall–Kier alpha value is -1.27. The number of nitrogens with zero attached hydrogens (tertiary/aromatic N) is 3. The minimum absolute atomic E-state index is 0.241. The fraction of sp³-hybridized carbons (Fsp3) is 0.583. The van der Waals surface area contributed by atoms with Crippen LogP contribution in [0.5, 0.6) is 0 Å². The predicted molar refractivity (Wildman–Crippen MR) is 69.5 cm³/mol. The minimum atomic E-state index is 0.241. The zero-order valence-corrected chi connectivity index (χ0v) is 11.4. The van der Waals surface area contributed by atoms with Gasteiger partial charge in [-0.05, 0) is 33.2 Å². The van der Waals surface area contributed by atoms with Crippen LogP contribution < -0.4 is 5.32 Å². The molecule has 3 rings (SSSR count). The van der Waals surface area contributed by atoms with Crippen molar-refractivity contribution in [2.45, 2.75) is 39.2 Å². The van der Waals surface area contributed by atoms with Gasteiger partial charge in [0.2, 0.25) is 0 Å². The zero-order valence-electron chi connectivity index (χ0n) is 10.6. The van der Waals surface area contributed by atoms with Crippen molar-refractivity contribution in [3.8, 4) is 10.8 Å². The van der Waals surface area contributed by atoms with Gasteiger partial charge in [-0.3, -0.25) is 0 Å². The molecule has 1 atom stereocenters. The minimum Gasteiger partial charge on any atom is -0.333 e. The third kappa shape index (κ3) is 2.18. The van der Waals surface area contributed by atoms with Crippen molar-refractivity contribution >= 4 is 11.3 Å². The molecule has 1 aliphatic heterocycles.